The van der Waals surface area contributed by atoms with E-state index in [1.807, 2.05) is 61.5 Å². The summed E-state index contributed by atoms with van der Waals surface area (Å²) >= 11 is 0. The lowest BCUT2D eigenvalue weighted by Gasteiger charge is -2.15. The fourth-order valence-corrected chi connectivity index (χ4v) is 2.47. The number of carbonyl (C=O) groups is 1. The second-order valence-corrected chi connectivity index (χ2v) is 5.72. The molecule has 1 atom stereocenters. The first-order valence-electron chi connectivity index (χ1n) is 8.18. The molecule has 0 fully saturated rings. The Morgan fingerprint density at radius 1 is 1.00 bits per heavy atom. The summed E-state index contributed by atoms with van der Waals surface area (Å²) in [6, 6.07) is 19.2. The highest BCUT2D eigenvalue weighted by molar-refractivity contribution is 5.93. The Labute approximate surface area is 147 Å². The van der Waals surface area contributed by atoms with E-state index in [1.54, 1.807) is 18.5 Å². The summed E-state index contributed by atoms with van der Waals surface area (Å²) in [6.45, 7) is 2.50. The standard InChI is InChI=1S/C20H20N4O/c1-15(18-9-5-6-11-21-18)24-17-10-12-22-19(13-17)20(25)23-14-16-7-3-2-4-8-16/h2-13,15H,14H2,1H3,(H,22,24)(H,23,25). The third-order valence-electron chi connectivity index (χ3n) is 3.80. The fourth-order valence-electron chi connectivity index (χ4n) is 2.47. The van der Waals surface area contributed by atoms with Crippen LogP contribution in [-0.2, 0) is 6.54 Å². The number of hydrogen-bond acceptors (Lipinski definition) is 4. The molecule has 0 aliphatic carbocycles. The number of carbonyl (C=O) groups excluding carboxylic acids is 1. The molecule has 0 aliphatic heterocycles. The van der Waals surface area contributed by atoms with Crippen molar-refractivity contribution in [1.82, 2.24) is 15.3 Å². The zero-order chi connectivity index (χ0) is 17.5. The average molecular weight is 332 g/mol. The third kappa shape index (κ3) is 4.64. The van der Waals surface area contributed by atoms with Crippen molar-refractivity contribution in [2.75, 3.05) is 5.32 Å². The maximum absolute atomic E-state index is 12.3. The zero-order valence-corrected chi connectivity index (χ0v) is 14.0. The Hall–Kier alpha value is -3.21. The Morgan fingerprint density at radius 3 is 2.56 bits per heavy atom. The Balaban J connectivity index is 1.63. The van der Waals surface area contributed by atoms with Crippen molar-refractivity contribution >= 4 is 11.6 Å². The van der Waals surface area contributed by atoms with Gasteiger partial charge in [0.2, 0.25) is 0 Å². The molecule has 0 spiro atoms. The minimum absolute atomic E-state index is 0.0313. The lowest BCUT2D eigenvalue weighted by atomic mass is 10.2. The molecule has 126 valence electrons. The fraction of sp³-hybridized carbons (Fsp3) is 0.150. The number of benzene rings is 1. The molecule has 1 amide bonds. The number of rotatable bonds is 6. The van der Waals surface area contributed by atoms with E-state index in [0.717, 1.165) is 16.9 Å². The van der Waals surface area contributed by atoms with Crippen LogP contribution in [0, 0.1) is 0 Å². The van der Waals surface area contributed by atoms with Crippen molar-refractivity contribution in [2.24, 2.45) is 0 Å². The maximum Gasteiger partial charge on any atom is 0.270 e. The predicted molar refractivity (Wildman–Crippen MR) is 98.1 cm³/mol. The van der Waals surface area contributed by atoms with Gasteiger partial charge in [0.25, 0.3) is 5.91 Å². The van der Waals surface area contributed by atoms with Crippen molar-refractivity contribution in [2.45, 2.75) is 19.5 Å². The first-order chi connectivity index (χ1) is 12.2. The Bertz CT molecular complexity index is 821. The molecule has 0 bridgehead atoms. The van der Waals surface area contributed by atoms with Gasteiger partial charge in [-0.1, -0.05) is 36.4 Å². The third-order valence-corrected chi connectivity index (χ3v) is 3.80. The molecule has 5 nitrogen and oxygen atoms in total. The highest BCUT2D eigenvalue weighted by Gasteiger charge is 2.10. The number of hydrogen-bond donors (Lipinski definition) is 2. The van der Waals surface area contributed by atoms with Crippen LogP contribution in [-0.4, -0.2) is 15.9 Å². The van der Waals surface area contributed by atoms with E-state index in [2.05, 4.69) is 20.6 Å². The van der Waals surface area contributed by atoms with Gasteiger partial charge in [-0.2, -0.15) is 0 Å². The van der Waals surface area contributed by atoms with E-state index in [4.69, 9.17) is 0 Å². The van der Waals surface area contributed by atoms with Crippen LogP contribution in [0.3, 0.4) is 0 Å². The number of anilines is 1. The molecule has 2 aromatic heterocycles. The lowest BCUT2D eigenvalue weighted by molar-refractivity contribution is 0.0946. The zero-order valence-electron chi connectivity index (χ0n) is 14.0. The van der Waals surface area contributed by atoms with Crippen molar-refractivity contribution < 1.29 is 4.79 Å². The van der Waals surface area contributed by atoms with E-state index in [-0.39, 0.29) is 11.9 Å². The minimum atomic E-state index is -0.196. The van der Waals surface area contributed by atoms with Crippen LogP contribution in [0.5, 0.6) is 0 Å². The number of pyridine rings is 2. The first kappa shape index (κ1) is 16.6. The van der Waals surface area contributed by atoms with E-state index >= 15 is 0 Å². The molecule has 0 radical (unpaired) electrons. The van der Waals surface area contributed by atoms with Gasteiger partial charge >= 0.3 is 0 Å². The molecule has 0 saturated carbocycles. The average Bonchev–Trinajstić information content (AvgIpc) is 2.68. The van der Waals surface area contributed by atoms with Gasteiger partial charge in [0.15, 0.2) is 0 Å². The summed E-state index contributed by atoms with van der Waals surface area (Å²) in [4.78, 5) is 20.8. The smallest absolute Gasteiger partial charge is 0.270 e. The quantitative estimate of drug-likeness (QED) is 0.724. The van der Waals surface area contributed by atoms with Crippen molar-refractivity contribution in [3.63, 3.8) is 0 Å². The van der Waals surface area contributed by atoms with Gasteiger partial charge in [0.1, 0.15) is 5.69 Å². The van der Waals surface area contributed by atoms with Gasteiger partial charge in [0, 0.05) is 24.6 Å². The van der Waals surface area contributed by atoms with E-state index < -0.39 is 0 Å². The van der Waals surface area contributed by atoms with Crippen molar-refractivity contribution in [1.29, 1.82) is 0 Å². The monoisotopic (exact) mass is 332 g/mol. The number of nitrogens with zero attached hydrogens (tertiary/aromatic N) is 2. The van der Waals surface area contributed by atoms with Crippen LogP contribution in [0.4, 0.5) is 5.69 Å². The molecular formula is C20H20N4O. The van der Waals surface area contributed by atoms with Crippen LogP contribution in [0.1, 0.15) is 34.7 Å². The second kappa shape index (κ2) is 8.06. The maximum atomic E-state index is 12.3. The highest BCUT2D eigenvalue weighted by Crippen LogP contribution is 2.17. The van der Waals surface area contributed by atoms with Crippen molar-refractivity contribution in [3.05, 3.63) is 90.0 Å². The Morgan fingerprint density at radius 2 is 1.80 bits per heavy atom. The van der Waals surface area contributed by atoms with Crippen LogP contribution in [0.15, 0.2) is 73.1 Å². The highest BCUT2D eigenvalue weighted by atomic mass is 16.1. The molecule has 3 aromatic rings. The molecule has 1 aromatic carbocycles. The van der Waals surface area contributed by atoms with Gasteiger partial charge in [0.05, 0.1) is 11.7 Å². The predicted octanol–water partition coefficient (Wildman–Crippen LogP) is 3.58. The molecule has 2 N–H and O–H groups in total. The lowest BCUT2D eigenvalue weighted by Crippen LogP contribution is -2.24. The molecule has 0 aliphatic rings. The summed E-state index contributed by atoms with van der Waals surface area (Å²) in [7, 11) is 0. The summed E-state index contributed by atoms with van der Waals surface area (Å²) < 4.78 is 0. The van der Waals surface area contributed by atoms with Crippen LogP contribution in [0.25, 0.3) is 0 Å². The molecule has 25 heavy (non-hydrogen) atoms. The molecular weight excluding hydrogens is 312 g/mol. The molecule has 2 heterocycles. The topological polar surface area (TPSA) is 66.9 Å². The Kier molecular flexibility index (Phi) is 5.36. The number of nitrogens with one attached hydrogen (secondary N) is 2. The van der Waals surface area contributed by atoms with Gasteiger partial charge in [-0.25, -0.2) is 0 Å². The summed E-state index contributed by atoms with van der Waals surface area (Å²) in [5.74, 6) is -0.196. The van der Waals surface area contributed by atoms with Gasteiger partial charge in [-0.3, -0.25) is 14.8 Å². The largest absolute Gasteiger partial charge is 0.377 e. The summed E-state index contributed by atoms with van der Waals surface area (Å²) in [6.07, 6.45) is 3.40. The van der Waals surface area contributed by atoms with E-state index in [1.165, 1.54) is 0 Å². The molecule has 3 rings (SSSR count). The molecule has 1 unspecified atom stereocenters. The van der Waals surface area contributed by atoms with Crippen molar-refractivity contribution in [3.8, 4) is 0 Å². The number of amides is 1. The van der Waals surface area contributed by atoms with Crippen LogP contribution in [0.2, 0.25) is 0 Å². The molecule has 0 saturated heterocycles. The minimum Gasteiger partial charge on any atom is -0.377 e. The van der Waals surface area contributed by atoms with E-state index in [9.17, 15) is 4.79 Å². The van der Waals surface area contributed by atoms with Crippen LogP contribution >= 0.6 is 0 Å². The normalized spacial score (nSPS) is 11.6. The summed E-state index contributed by atoms with van der Waals surface area (Å²) in [5.41, 5.74) is 3.20. The second-order valence-electron chi connectivity index (χ2n) is 5.72. The van der Waals surface area contributed by atoms with E-state index in [0.29, 0.717) is 12.2 Å². The molecule has 5 heteroatoms. The number of aromatic nitrogens is 2. The first-order valence-corrected chi connectivity index (χ1v) is 8.18. The van der Waals surface area contributed by atoms with Crippen LogP contribution < -0.4 is 10.6 Å². The SMILES string of the molecule is CC(Nc1ccnc(C(=O)NCc2ccccc2)c1)c1ccccn1. The summed E-state index contributed by atoms with van der Waals surface area (Å²) in [5, 5.41) is 6.23. The van der Waals surface area contributed by atoms with Gasteiger partial charge < -0.3 is 10.6 Å². The van der Waals surface area contributed by atoms with Gasteiger partial charge in [-0.05, 0) is 36.8 Å². The van der Waals surface area contributed by atoms with Gasteiger partial charge in [-0.15, -0.1) is 0 Å².